The molecule has 1 fully saturated rings. The van der Waals surface area contributed by atoms with Crippen LogP contribution in [-0.2, 0) is 14.3 Å². The van der Waals surface area contributed by atoms with E-state index in [1.807, 2.05) is 54.6 Å². The van der Waals surface area contributed by atoms with Gasteiger partial charge in [-0.15, -0.1) is 0 Å². The van der Waals surface area contributed by atoms with Crippen molar-refractivity contribution in [1.82, 2.24) is 9.97 Å². The highest BCUT2D eigenvalue weighted by Crippen LogP contribution is 2.56. The molecule has 9 heteroatoms. The normalized spacial score (nSPS) is 22.0. The number of rotatable bonds is 4. The predicted molar refractivity (Wildman–Crippen MR) is 151 cm³/mol. The van der Waals surface area contributed by atoms with Gasteiger partial charge in [0.2, 0.25) is 6.79 Å². The lowest BCUT2D eigenvalue weighted by Crippen LogP contribution is -2.36. The molecule has 2 aliphatic heterocycles. The Balaban J connectivity index is 1.32. The molecule has 5 aromatic rings. The fourth-order valence-electron chi connectivity index (χ4n) is 6.47. The molecular weight excluding hydrogens is 536 g/mol. The summed E-state index contributed by atoms with van der Waals surface area (Å²) in [6, 6.07) is 24.1. The van der Waals surface area contributed by atoms with E-state index in [4.69, 9.17) is 33.7 Å². The number of carbonyl (C=O) groups excluding carboxylic acids is 2. The Morgan fingerprint density at radius 2 is 1.55 bits per heavy atom. The number of aromatic nitrogens is 2. The first kappa shape index (κ1) is 24.6. The van der Waals surface area contributed by atoms with Crippen LogP contribution < -0.4 is 14.2 Å². The predicted octanol–water partition coefficient (Wildman–Crippen LogP) is 5.35. The molecule has 9 nitrogen and oxygen atoms in total. The van der Waals surface area contributed by atoms with Crippen LogP contribution in [0.4, 0.5) is 0 Å². The van der Waals surface area contributed by atoms with Gasteiger partial charge in [-0.05, 0) is 59.7 Å². The number of cyclic esters (lactones) is 1. The van der Waals surface area contributed by atoms with Crippen LogP contribution in [0.15, 0.2) is 78.9 Å². The van der Waals surface area contributed by atoms with Gasteiger partial charge in [-0.3, -0.25) is 4.79 Å². The third-order valence-electron chi connectivity index (χ3n) is 8.37. The molecule has 0 radical (unpaired) electrons. The minimum absolute atomic E-state index is 0.0821. The largest absolute Gasteiger partial charge is 0.494 e. The first-order valence-corrected chi connectivity index (χ1v) is 13.7. The highest BCUT2D eigenvalue weighted by molar-refractivity contribution is 5.91. The summed E-state index contributed by atoms with van der Waals surface area (Å²) >= 11 is 0. The van der Waals surface area contributed by atoms with E-state index in [1.165, 1.54) is 0 Å². The number of esters is 2. The molecule has 0 amide bonds. The van der Waals surface area contributed by atoms with E-state index in [9.17, 15) is 9.59 Å². The Morgan fingerprint density at radius 1 is 0.833 bits per heavy atom. The third-order valence-corrected chi connectivity index (χ3v) is 8.37. The molecule has 0 saturated carbocycles. The molecule has 42 heavy (non-hydrogen) atoms. The summed E-state index contributed by atoms with van der Waals surface area (Å²) in [5.41, 5.74) is 5.56. The van der Waals surface area contributed by atoms with Crippen molar-refractivity contribution >= 4 is 34.0 Å². The number of ether oxygens (including phenoxy) is 5. The minimum atomic E-state index is -0.735. The number of carbonyl (C=O) groups is 2. The monoisotopic (exact) mass is 560 g/mol. The molecule has 0 bridgehead atoms. The summed E-state index contributed by atoms with van der Waals surface area (Å²) in [6.07, 6.45) is -0.735. The fourth-order valence-corrected chi connectivity index (χ4v) is 6.47. The Labute approximate surface area is 240 Å². The summed E-state index contributed by atoms with van der Waals surface area (Å²) in [5, 5.41) is 0. The second-order valence-corrected chi connectivity index (χ2v) is 10.6. The van der Waals surface area contributed by atoms with Gasteiger partial charge < -0.3 is 23.7 Å². The highest BCUT2D eigenvalue weighted by Gasteiger charge is 2.54. The van der Waals surface area contributed by atoms with Crippen LogP contribution in [0.3, 0.4) is 0 Å². The molecule has 0 N–H and O–H groups in total. The summed E-state index contributed by atoms with van der Waals surface area (Å²) in [6.45, 7) is 0.203. The Kier molecular flexibility index (Phi) is 5.53. The number of hydrogen-bond acceptors (Lipinski definition) is 9. The van der Waals surface area contributed by atoms with Gasteiger partial charge in [0.1, 0.15) is 17.4 Å². The number of fused-ring (bicyclic) bond motifs is 5. The maximum atomic E-state index is 13.5. The van der Waals surface area contributed by atoms with Gasteiger partial charge in [-0.2, -0.15) is 0 Å². The molecule has 1 saturated heterocycles. The number of nitrogens with zero attached hydrogens (tertiary/aromatic N) is 2. The zero-order valence-corrected chi connectivity index (χ0v) is 22.5. The van der Waals surface area contributed by atoms with Crippen LogP contribution in [0.2, 0.25) is 0 Å². The lowest BCUT2D eigenvalue weighted by Gasteiger charge is -2.38. The lowest BCUT2D eigenvalue weighted by molar-refractivity contribution is -0.141. The Morgan fingerprint density at radius 3 is 2.31 bits per heavy atom. The van der Waals surface area contributed by atoms with Crippen molar-refractivity contribution < 1.29 is 33.3 Å². The van der Waals surface area contributed by atoms with Crippen LogP contribution in [-0.4, -0.2) is 42.4 Å². The Bertz CT molecular complexity index is 1910. The molecule has 1 aliphatic carbocycles. The van der Waals surface area contributed by atoms with Gasteiger partial charge >= 0.3 is 11.9 Å². The fraction of sp³-hybridized carbons (Fsp3) is 0.212. The van der Waals surface area contributed by atoms with E-state index < -0.39 is 29.8 Å². The molecule has 0 unspecified atom stereocenters. The quantitative estimate of drug-likeness (QED) is 0.212. The van der Waals surface area contributed by atoms with Crippen molar-refractivity contribution in [3.63, 3.8) is 0 Å². The standard InChI is InChI=1S/C33H24N2O7/c1-38-27-12-18(11-24-30(27)35-23-10-6-5-9-22(23)34-24)28-19-13-25-26(41-16-40-25)14-20(19)31(21-15-39-33(37)29(21)28)42-32(36)17-7-3-2-4-8-17/h2-14,21,28-29,31H,15-16H2,1H3/t21-,28+,29-,31+/m0/s1. The Hall–Kier alpha value is -5.18. The van der Waals surface area contributed by atoms with Gasteiger partial charge in [0.05, 0.1) is 41.7 Å². The number of benzene rings is 4. The van der Waals surface area contributed by atoms with Gasteiger partial charge in [0.15, 0.2) is 11.5 Å². The smallest absolute Gasteiger partial charge is 0.338 e. The van der Waals surface area contributed by atoms with Crippen LogP contribution >= 0.6 is 0 Å². The van der Waals surface area contributed by atoms with E-state index in [-0.39, 0.29) is 19.4 Å². The topological polar surface area (TPSA) is 106 Å². The van der Waals surface area contributed by atoms with E-state index in [0.717, 1.165) is 27.7 Å². The molecule has 3 heterocycles. The van der Waals surface area contributed by atoms with Crippen molar-refractivity contribution in [1.29, 1.82) is 0 Å². The average molecular weight is 561 g/mol. The van der Waals surface area contributed by atoms with Crippen molar-refractivity contribution in [3.05, 3.63) is 101 Å². The summed E-state index contributed by atoms with van der Waals surface area (Å²) in [7, 11) is 1.59. The van der Waals surface area contributed by atoms with Crippen molar-refractivity contribution in [3.8, 4) is 17.2 Å². The molecule has 4 atom stereocenters. The minimum Gasteiger partial charge on any atom is -0.494 e. The zero-order chi connectivity index (χ0) is 28.4. The average Bonchev–Trinajstić information content (AvgIpc) is 3.65. The zero-order valence-electron chi connectivity index (χ0n) is 22.5. The number of hydrogen-bond donors (Lipinski definition) is 0. The number of methoxy groups -OCH3 is 1. The van der Waals surface area contributed by atoms with Crippen LogP contribution in [0, 0.1) is 11.8 Å². The first-order chi connectivity index (χ1) is 20.6. The van der Waals surface area contributed by atoms with E-state index in [0.29, 0.717) is 33.8 Å². The number of para-hydroxylation sites is 2. The SMILES string of the molecule is COc1cc([C@@H]2c3cc4c(cc3[C@@H](OC(=O)c3ccccc3)[C@H]3COC(=O)[C@H]23)OCO4)cc2nc3ccccc3nc12. The van der Waals surface area contributed by atoms with Crippen LogP contribution in [0.1, 0.15) is 39.1 Å². The molecular formula is C33H24N2O7. The molecule has 3 aliphatic rings. The summed E-state index contributed by atoms with van der Waals surface area (Å²) < 4.78 is 29.1. The third kappa shape index (κ3) is 3.77. The summed E-state index contributed by atoms with van der Waals surface area (Å²) in [5.74, 6) is -0.653. The maximum Gasteiger partial charge on any atom is 0.338 e. The molecule has 0 spiro atoms. The van der Waals surface area contributed by atoms with Crippen molar-refractivity contribution in [2.75, 3.05) is 20.5 Å². The van der Waals surface area contributed by atoms with Gasteiger partial charge in [0.25, 0.3) is 0 Å². The van der Waals surface area contributed by atoms with Gasteiger partial charge in [-0.25, -0.2) is 14.8 Å². The van der Waals surface area contributed by atoms with Crippen LogP contribution in [0.25, 0.3) is 22.1 Å². The molecule has 4 aromatic carbocycles. The second kappa shape index (κ2) is 9.44. The molecule has 1 aromatic heterocycles. The molecule has 8 rings (SSSR count). The highest BCUT2D eigenvalue weighted by atomic mass is 16.7. The van der Waals surface area contributed by atoms with Crippen molar-refractivity contribution in [2.24, 2.45) is 11.8 Å². The molecule has 208 valence electrons. The maximum absolute atomic E-state index is 13.5. The lowest BCUT2D eigenvalue weighted by atomic mass is 9.66. The van der Waals surface area contributed by atoms with Gasteiger partial charge in [-0.1, -0.05) is 30.3 Å². The van der Waals surface area contributed by atoms with Gasteiger partial charge in [0, 0.05) is 17.4 Å². The van der Waals surface area contributed by atoms with Crippen molar-refractivity contribution in [2.45, 2.75) is 12.0 Å². The van der Waals surface area contributed by atoms with E-state index >= 15 is 0 Å². The first-order valence-electron chi connectivity index (χ1n) is 13.7. The summed E-state index contributed by atoms with van der Waals surface area (Å²) in [4.78, 5) is 36.4. The second-order valence-electron chi connectivity index (χ2n) is 10.6. The van der Waals surface area contributed by atoms with E-state index in [1.54, 1.807) is 31.4 Å². The van der Waals surface area contributed by atoms with E-state index in [2.05, 4.69) is 0 Å². The van der Waals surface area contributed by atoms with Crippen LogP contribution in [0.5, 0.6) is 17.2 Å².